The van der Waals surface area contributed by atoms with Gasteiger partial charge in [0.1, 0.15) is 5.69 Å². The van der Waals surface area contributed by atoms with Crippen LogP contribution in [0.1, 0.15) is 12.8 Å². The number of aromatic nitrogens is 1. The topological polar surface area (TPSA) is 52.5 Å². The SMILES string of the molecule is COCCn1sc(-c2ccccc2)c(NC2CCOCC2)c1=O. The van der Waals surface area contributed by atoms with Gasteiger partial charge in [0.25, 0.3) is 5.56 Å². The van der Waals surface area contributed by atoms with Gasteiger partial charge in [0.15, 0.2) is 0 Å². The third-order valence-electron chi connectivity index (χ3n) is 3.97. The van der Waals surface area contributed by atoms with E-state index in [0.717, 1.165) is 36.5 Å². The monoisotopic (exact) mass is 334 g/mol. The van der Waals surface area contributed by atoms with Crippen LogP contribution in [-0.4, -0.2) is 36.9 Å². The molecule has 1 aliphatic rings. The summed E-state index contributed by atoms with van der Waals surface area (Å²) < 4.78 is 12.3. The second-order valence-electron chi connectivity index (χ2n) is 5.59. The van der Waals surface area contributed by atoms with E-state index in [1.54, 1.807) is 11.1 Å². The van der Waals surface area contributed by atoms with Crippen LogP contribution in [0.4, 0.5) is 5.69 Å². The zero-order chi connectivity index (χ0) is 16.1. The van der Waals surface area contributed by atoms with E-state index in [2.05, 4.69) is 5.32 Å². The highest BCUT2D eigenvalue weighted by Gasteiger charge is 2.21. The molecule has 2 aromatic rings. The zero-order valence-corrected chi connectivity index (χ0v) is 14.1. The van der Waals surface area contributed by atoms with Gasteiger partial charge in [0.05, 0.1) is 18.0 Å². The Morgan fingerprint density at radius 3 is 2.74 bits per heavy atom. The van der Waals surface area contributed by atoms with Crippen molar-refractivity contribution in [2.45, 2.75) is 25.4 Å². The molecule has 6 heteroatoms. The summed E-state index contributed by atoms with van der Waals surface area (Å²) in [6.07, 6.45) is 1.86. The van der Waals surface area contributed by atoms with Gasteiger partial charge in [0.2, 0.25) is 0 Å². The van der Waals surface area contributed by atoms with E-state index >= 15 is 0 Å². The molecule has 0 amide bonds. The van der Waals surface area contributed by atoms with E-state index in [-0.39, 0.29) is 5.56 Å². The molecule has 0 bridgehead atoms. The van der Waals surface area contributed by atoms with E-state index in [4.69, 9.17) is 9.47 Å². The minimum absolute atomic E-state index is 0.0393. The summed E-state index contributed by atoms with van der Waals surface area (Å²) in [7, 11) is 1.65. The molecule has 1 fully saturated rings. The predicted octanol–water partition coefficient (Wildman–Crippen LogP) is 2.81. The molecule has 0 spiro atoms. The fraction of sp³-hybridized carbons (Fsp3) is 0.471. The first-order valence-corrected chi connectivity index (χ1v) is 8.69. The Balaban J connectivity index is 1.93. The highest BCUT2D eigenvalue weighted by Crippen LogP contribution is 2.31. The van der Waals surface area contributed by atoms with Crippen molar-refractivity contribution in [3.05, 3.63) is 40.7 Å². The van der Waals surface area contributed by atoms with Crippen LogP contribution in [0, 0.1) is 0 Å². The van der Waals surface area contributed by atoms with Crippen LogP contribution >= 0.6 is 11.5 Å². The summed E-state index contributed by atoms with van der Waals surface area (Å²) in [5.41, 5.74) is 1.82. The van der Waals surface area contributed by atoms with Crippen LogP contribution in [0.15, 0.2) is 35.1 Å². The first-order valence-electron chi connectivity index (χ1n) is 7.92. The number of nitrogens with one attached hydrogen (secondary N) is 1. The van der Waals surface area contributed by atoms with Gasteiger partial charge in [0, 0.05) is 26.4 Å². The lowest BCUT2D eigenvalue weighted by atomic mass is 10.1. The number of nitrogens with zero attached hydrogens (tertiary/aromatic N) is 1. The van der Waals surface area contributed by atoms with Crippen molar-refractivity contribution in [3.63, 3.8) is 0 Å². The van der Waals surface area contributed by atoms with E-state index in [1.165, 1.54) is 11.5 Å². The van der Waals surface area contributed by atoms with Crippen molar-refractivity contribution in [2.75, 3.05) is 32.2 Å². The third-order valence-corrected chi connectivity index (χ3v) is 5.16. The molecular weight excluding hydrogens is 312 g/mol. The molecule has 0 unspecified atom stereocenters. The normalized spacial score (nSPS) is 15.7. The second kappa shape index (κ2) is 7.77. The number of anilines is 1. The molecule has 2 heterocycles. The van der Waals surface area contributed by atoms with Crippen LogP contribution in [0.5, 0.6) is 0 Å². The molecule has 3 rings (SSSR count). The van der Waals surface area contributed by atoms with Gasteiger partial charge >= 0.3 is 0 Å². The predicted molar refractivity (Wildman–Crippen MR) is 93.4 cm³/mol. The smallest absolute Gasteiger partial charge is 0.284 e. The number of rotatable bonds is 6. The molecule has 23 heavy (non-hydrogen) atoms. The van der Waals surface area contributed by atoms with Gasteiger partial charge in [-0.05, 0) is 18.4 Å². The Labute approximate surface area is 140 Å². The van der Waals surface area contributed by atoms with Crippen LogP contribution in [-0.2, 0) is 16.0 Å². The molecule has 0 aliphatic carbocycles. The third kappa shape index (κ3) is 3.83. The van der Waals surface area contributed by atoms with Gasteiger partial charge in [-0.15, -0.1) is 0 Å². The Kier molecular flexibility index (Phi) is 5.48. The Hall–Kier alpha value is -1.63. The molecule has 1 N–H and O–H groups in total. The molecule has 5 nitrogen and oxygen atoms in total. The molecule has 0 radical (unpaired) electrons. The van der Waals surface area contributed by atoms with E-state index in [0.29, 0.717) is 24.9 Å². The van der Waals surface area contributed by atoms with Crippen molar-refractivity contribution >= 4 is 17.2 Å². The summed E-state index contributed by atoms with van der Waals surface area (Å²) in [5, 5.41) is 3.47. The fourth-order valence-corrected chi connectivity index (χ4v) is 3.74. The molecular formula is C17H22N2O3S. The number of hydrogen-bond donors (Lipinski definition) is 1. The maximum absolute atomic E-state index is 12.8. The van der Waals surface area contributed by atoms with Gasteiger partial charge in [-0.25, -0.2) is 0 Å². The highest BCUT2D eigenvalue weighted by atomic mass is 32.1. The van der Waals surface area contributed by atoms with Crippen molar-refractivity contribution in [1.82, 2.24) is 3.96 Å². The lowest BCUT2D eigenvalue weighted by Gasteiger charge is -2.23. The standard InChI is InChI=1S/C17H22N2O3S/c1-21-12-9-19-17(20)15(18-14-7-10-22-11-8-14)16(23-19)13-5-3-2-4-6-13/h2-6,14,18H,7-12H2,1H3. The van der Waals surface area contributed by atoms with Gasteiger partial charge in [-0.1, -0.05) is 41.9 Å². The molecule has 0 saturated carbocycles. The Morgan fingerprint density at radius 2 is 2.04 bits per heavy atom. The molecule has 124 valence electrons. The average Bonchev–Trinajstić information content (AvgIpc) is 2.91. The lowest BCUT2D eigenvalue weighted by molar-refractivity contribution is 0.0904. The van der Waals surface area contributed by atoms with Crippen LogP contribution in [0.2, 0.25) is 0 Å². The summed E-state index contributed by atoms with van der Waals surface area (Å²) >= 11 is 1.50. The summed E-state index contributed by atoms with van der Waals surface area (Å²) in [5.74, 6) is 0. The van der Waals surface area contributed by atoms with E-state index in [9.17, 15) is 4.79 Å². The fourth-order valence-electron chi connectivity index (χ4n) is 2.70. The number of methoxy groups -OCH3 is 1. The number of ether oxygens (including phenoxy) is 2. The summed E-state index contributed by atoms with van der Waals surface area (Å²) in [4.78, 5) is 13.8. The summed E-state index contributed by atoms with van der Waals surface area (Å²) in [6.45, 7) is 2.61. The molecule has 1 saturated heterocycles. The van der Waals surface area contributed by atoms with Crippen molar-refractivity contribution in [3.8, 4) is 10.4 Å². The summed E-state index contributed by atoms with van der Waals surface area (Å²) in [6, 6.07) is 10.4. The van der Waals surface area contributed by atoms with E-state index in [1.807, 2.05) is 30.3 Å². The molecule has 1 aliphatic heterocycles. The van der Waals surface area contributed by atoms with Crippen LogP contribution in [0.3, 0.4) is 0 Å². The second-order valence-corrected chi connectivity index (χ2v) is 6.62. The van der Waals surface area contributed by atoms with Gasteiger partial charge in [-0.2, -0.15) is 0 Å². The largest absolute Gasteiger partial charge is 0.383 e. The minimum atomic E-state index is 0.0393. The Bertz CT molecular complexity index is 675. The Morgan fingerprint density at radius 1 is 1.30 bits per heavy atom. The number of benzene rings is 1. The van der Waals surface area contributed by atoms with Gasteiger partial charge < -0.3 is 14.8 Å². The van der Waals surface area contributed by atoms with Crippen molar-refractivity contribution < 1.29 is 9.47 Å². The average molecular weight is 334 g/mol. The molecule has 0 atom stereocenters. The van der Waals surface area contributed by atoms with Crippen molar-refractivity contribution in [1.29, 1.82) is 0 Å². The quantitative estimate of drug-likeness (QED) is 0.882. The number of hydrogen-bond acceptors (Lipinski definition) is 5. The first-order chi connectivity index (χ1) is 11.3. The minimum Gasteiger partial charge on any atom is -0.383 e. The van der Waals surface area contributed by atoms with Gasteiger partial charge in [-0.3, -0.25) is 8.75 Å². The van der Waals surface area contributed by atoms with Crippen molar-refractivity contribution in [2.24, 2.45) is 0 Å². The molecule has 1 aromatic carbocycles. The maximum atomic E-state index is 12.8. The maximum Gasteiger partial charge on any atom is 0.284 e. The highest BCUT2D eigenvalue weighted by molar-refractivity contribution is 7.10. The zero-order valence-electron chi connectivity index (χ0n) is 13.3. The van der Waals surface area contributed by atoms with E-state index < -0.39 is 0 Å². The van der Waals surface area contributed by atoms with Crippen LogP contribution < -0.4 is 10.9 Å². The van der Waals surface area contributed by atoms with Crippen LogP contribution in [0.25, 0.3) is 10.4 Å². The first kappa shape index (κ1) is 16.2. The lowest BCUT2D eigenvalue weighted by Crippen LogP contribution is -2.30. The molecule has 1 aromatic heterocycles.